The van der Waals surface area contributed by atoms with E-state index in [0.29, 0.717) is 12.6 Å². The van der Waals surface area contributed by atoms with Gasteiger partial charge in [-0.05, 0) is 19.3 Å². The van der Waals surface area contributed by atoms with Crippen LogP contribution in [0.3, 0.4) is 0 Å². The van der Waals surface area contributed by atoms with Gasteiger partial charge >= 0.3 is 0 Å². The van der Waals surface area contributed by atoms with Crippen LogP contribution in [0.4, 0.5) is 0 Å². The molecule has 3 rings (SSSR count). The molecule has 2 fully saturated rings. The number of amides is 1. The van der Waals surface area contributed by atoms with Crippen LogP contribution in [-0.4, -0.2) is 79.0 Å². The molecule has 1 saturated heterocycles. The van der Waals surface area contributed by atoms with Gasteiger partial charge in [-0.25, -0.2) is 4.98 Å². The minimum absolute atomic E-state index is 0.165. The van der Waals surface area contributed by atoms with E-state index in [9.17, 15) is 4.79 Å². The van der Waals surface area contributed by atoms with Crippen molar-refractivity contribution < 1.29 is 4.79 Å². The highest BCUT2D eigenvalue weighted by atomic mass is 32.1. The highest BCUT2D eigenvalue weighted by Crippen LogP contribution is 2.18. The zero-order valence-electron chi connectivity index (χ0n) is 15.8. The van der Waals surface area contributed by atoms with Crippen molar-refractivity contribution in [2.45, 2.75) is 38.6 Å². The molecule has 26 heavy (non-hydrogen) atoms. The van der Waals surface area contributed by atoms with Crippen molar-refractivity contribution in [3.8, 4) is 0 Å². The second-order valence-corrected chi connectivity index (χ2v) is 8.10. The molecule has 2 N–H and O–H groups in total. The number of nitrogens with one attached hydrogen (secondary N) is 2. The fraction of sp³-hybridized carbons (Fsp3) is 0.722. The molecule has 1 aromatic heterocycles. The van der Waals surface area contributed by atoms with E-state index in [1.807, 2.05) is 13.2 Å². The Labute approximate surface area is 159 Å². The maximum atomic E-state index is 11.9. The molecule has 1 saturated carbocycles. The Bertz CT molecular complexity index is 619. The molecule has 0 bridgehead atoms. The molecular weight excluding hydrogens is 348 g/mol. The van der Waals surface area contributed by atoms with Crippen molar-refractivity contribution in [2.75, 3.05) is 46.3 Å². The number of carbonyl (C=O) groups excluding carboxylic acids is 1. The summed E-state index contributed by atoms with van der Waals surface area (Å²) in [7, 11) is 1.83. The van der Waals surface area contributed by atoms with Crippen LogP contribution >= 0.6 is 11.3 Å². The Hall–Kier alpha value is -1.67. The number of aliphatic imine (C=N–C) groups is 1. The molecule has 1 aliphatic heterocycles. The van der Waals surface area contributed by atoms with E-state index in [1.165, 1.54) is 9.88 Å². The van der Waals surface area contributed by atoms with E-state index < -0.39 is 0 Å². The Morgan fingerprint density at radius 1 is 1.35 bits per heavy atom. The van der Waals surface area contributed by atoms with Crippen LogP contribution in [-0.2, 0) is 17.6 Å². The monoisotopic (exact) mass is 378 g/mol. The van der Waals surface area contributed by atoms with Crippen molar-refractivity contribution in [2.24, 2.45) is 4.99 Å². The molecule has 1 aromatic rings. The van der Waals surface area contributed by atoms with E-state index >= 15 is 0 Å². The van der Waals surface area contributed by atoms with Crippen molar-refractivity contribution in [1.82, 2.24) is 25.4 Å². The summed E-state index contributed by atoms with van der Waals surface area (Å²) in [4.78, 5) is 26.6. The Balaban J connectivity index is 1.36. The van der Waals surface area contributed by atoms with Crippen molar-refractivity contribution >= 4 is 23.2 Å². The van der Waals surface area contributed by atoms with Gasteiger partial charge in [0.1, 0.15) is 0 Å². The number of hydrogen-bond donors (Lipinski definition) is 2. The first-order valence-electron chi connectivity index (χ1n) is 9.58. The second-order valence-electron chi connectivity index (χ2n) is 6.90. The first-order valence-corrected chi connectivity index (χ1v) is 10.4. The Kier molecular flexibility index (Phi) is 6.85. The normalized spacial score (nSPS) is 18.8. The van der Waals surface area contributed by atoms with Crippen molar-refractivity contribution in [1.29, 1.82) is 0 Å². The average Bonchev–Trinajstić information content (AvgIpc) is 3.34. The van der Waals surface area contributed by atoms with Gasteiger partial charge in [0, 0.05) is 63.3 Å². The standard InChI is InChI=1S/C18H30N6OS/c1-3-15-12-21-17(26-15)6-7-20-18(19-2)24-10-8-23(9-11-24)13-16(25)22-14-4-5-14/h12,14H,3-11,13H2,1-2H3,(H,19,20)(H,22,25). The number of nitrogens with zero attached hydrogens (tertiary/aromatic N) is 4. The van der Waals surface area contributed by atoms with Gasteiger partial charge in [-0.2, -0.15) is 0 Å². The zero-order valence-corrected chi connectivity index (χ0v) is 16.6. The van der Waals surface area contributed by atoms with Crippen LogP contribution in [0.5, 0.6) is 0 Å². The number of hydrogen-bond acceptors (Lipinski definition) is 5. The van der Waals surface area contributed by atoms with E-state index in [-0.39, 0.29) is 5.91 Å². The summed E-state index contributed by atoms with van der Waals surface area (Å²) in [5.41, 5.74) is 0. The molecule has 0 spiro atoms. The minimum Gasteiger partial charge on any atom is -0.356 e. The predicted molar refractivity (Wildman–Crippen MR) is 106 cm³/mol. The summed E-state index contributed by atoms with van der Waals surface area (Å²) >= 11 is 1.79. The third kappa shape index (κ3) is 5.67. The molecule has 0 unspecified atom stereocenters. The number of aryl methyl sites for hydroxylation is 1. The molecule has 0 aromatic carbocycles. The van der Waals surface area contributed by atoms with Crippen molar-refractivity contribution in [3.05, 3.63) is 16.1 Å². The summed E-state index contributed by atoms with van der Waals surface area (Å²) in [5, 5.41) is 7.69. The van der Waals surface area contributed by atoms with Crippen LogP contribution in [0.25, 0.3) is 0 Å². The fourth-order valence-corrected chi connectivity index (χ4v) is 3.92. The maximum Gasteiger partial charge on any atom is 0.234 e. The van der Waals surface area contributed by atoms with Gasteiger partial charge in [0.05, 0.1) is 11.6 Å². The summed E-state index contributed by atoms with van der Waals surface area (Å²) in [6, 6.07) is 0.443. The summed E-state index contributed by atoms with van der Waals surface area (Å²) in [5.74, 6) is 1.11. The summed E-state index contributed by atoms with van der Waals surface area (Å²) in [6.45, 7) is 7.09. The molecule has 1 aliphatic carbocycles. The highest BCUT2D eigenvalue weighted by Gasteiger charge is 2.25. The molecule has 7 nitrogen and oxygen atoms in total. The first kappa shape index (κ1) is 19.1. The van der Waals surface area contributed by atoms with E-state index in [2.05, 4.69) is 37.3 Å². The summed E-state index contributed by atoms with van der Waals surface area (Å²) < 4.78 is 0. The van der Waals surface area contributed by atoms with Gasteiger partial charge in [0.25, 0.3) is 0 Å². The lowest BCUT2D eigenvalue weighted by Gasteiger charge is -2.36. The Morgan fingerprint density at radius 2 is 2.12 bits per heavy atom. The first-order chi connectivity index (χ1) is 12.7. The second kappa shape index (κ2) is 9.32. The van der Waals surface area contributed by atoms with Gasteiger partial charge in [-0.15, -0.1) is 11.3 Å². The van der Waals surface area contributed by atoms with Crippen LogP contribution in [0.15, 0.2) is 11.2 Å². The Morgan fingerprint density at radius 3 is 2.73 bits per heavy atom. The van der Waals surface area contributed by atoms with Crippen LogP contribution in [0.2, 0.25) is 0 Å². The fourth-order valence-electron chi connectivity index (χ4n) is 3.06. The molecule has 0 radical (unpaired) electrons. The summed E-state index contributed by atoms with van der Waals surface area (Å²) in [6.07, 6.45) is 6.23. The van der Waals surface area contributed by atoms with Gasteiger partial charge in [0.2, 0.25) is 5.91 Å². The minimum atomic E-state index is 0.165. The van der Waals surface area contributed by atoms with E-state index in [0.717, 1.165) is 64.4 Å². The van der Waals surface area contributed by atoms with Gasteiger partial charge in [-0.1, -0.05) is 6.92 Å². The predicted octanol–water partition coefficient (Wildman–Crippen LogP) is 0.720. The van der Waals surface area contributed by atoms with Gasteiger partial charge in [0.15, 0.2) is 5.96 Å². The van der Waals surface area contributed by atoms with Gasteiger partial charge in [-0.3, -0.25) is 14.7 Å². The number of thiazole rings is 1. The third-order valence-electron chi connectivity index (χ3n) is 4.77. The van der Waals surface area contributed by atoms with Crippen LogP contribution in [0, 0.1) is 0 Å². The maximum absolute atomic E-state index is 11.9. The van der Waals surface area contributed by atoms with Crippen molar-refractivity contribution in [3.63, 3.8) is 0 Å². The van der Waals surface area contributed by atoms with Crippen LogP contribution in [0.1, 0.15) is 29.7 Å². The molecule has 0 atom stereocenters. The van der Waals surface area contributed by atoms with Crippen LogP contribution < -0.4 is 10.6 Å². The SMILES string of the molecule is CCc1cnc(CCNC(=NC)N2CCN(CC(=O)NC3CC3)CC2)s1. The van der Waals surface area contributed by atoms with Gasteiger partial charge < -0.3 is 15.5 Å². The van der Waals surface area contributed by atoms with E-state index in [4.69, 9.17) is 0 Å². The number of guanidine groups is 1. The third-order valence-corrected chi connectivity index (χ3v) is 5.97. The molecule has 8 heteroatoms. The lowest BCUT2D eigenvalue weighted by molar-refractivity contribution is -0.122. The lowest BCUT2D eigenvalue weighted by Crippen LogP contribution is -2.54. The molecular formula is C18H30N6OS. The highest BCUT2D eigenvalue weighted by molar-refractivity contribution is 7.11. The number of carbonyl (C=O) groups is 1. The average molecular weight is 379 g/mol. The molecule has 2 heterocycles. The molecule has 144 valence electrons. The topological polar surface area (TPSA) is 72.9 Å². The largest absolute Gasteiger partial charge is 0.356 e. The van der Waals surface area contributed by atoms with E-state index in [1.54, 1.807) is 11.3 Å². The zero-order chi connectivity index (χ0) is 18.4. The lowest BCUT2D eigenvalue weighted by atomic mass is 10.3. The smallest absolute Gasteiger partial charge is 0.234 e. The number of aromatic nitrogens is 1. The number of piperazine rings is 1. The quantitative estimate of drug-likeness (QED) is 0.540. The molecule has 1 amide bonds. The molecule has 2 aliphatic rings. The number of rotatable bonds is 7.